The van der Waals surface area contributed by atoms with E-state index in [9.17, 15) is 9.90 Å². The van der Waals surface area contributed by atoms with Crippen LogP contribution in [0.15, 0.2) is 66.7 Å². The fourth-order valence-electron chi connectivity index (χ4n) is 3.10. The molecule has 3 aromatic rings. The van der Waals surface area contributed by atoms with Crippen molar-refractivity contribution < 1.29 is 19.4 Å². The number of hydrogen-bond acceptors (Lipinski definition) is 4. The third kappa shape index (κ3) is 4.45. The summed E-state index contributed by atoms with van der Waals surface area (Å²) in [5, 5.41) is 17.0. The molecule has 0 saturated carbocycles. The first kappa shape index (κ1) is 19.1. The maximum absolute atomic E-state index is 12.6. The number of aliphatic hydroxyl groups excluding tert-OH is 1. The Bertz CT molecular complexity index is 1030. The first-order chi connectivity index (χ1) is 14.1. The van der Waals surface area contributed by atoms with Crippen molar-refractivity contribution in [3.63, 3.8) is 0 Å². The van der Waals surface area contributed by atoms with Gasteiger partial charge in [0.15, 0.2) is 11.5 Å². The van der Waals surface area contributed by atoms with E-state index in [1.165, 1.54) is 0 Å². The number of aliphatic hydroxyl groups is 1. The van der Waals surface area contributed by atoms with Crippen LogP contribution in [0, 0.1) is 0 Å². The van der Waals surface area contributed by atoms with Gasteiger partial charge in [0.25, 0.3) is 0 Å². The van der Waals surface area contributed by atoms with Crippen LogP contribution in [-0.2, 0) is 0 Å². The largest absolute Gasteiger partial charge is 0.486 e. The zero-order chi connectivity index (χ0) is 20.2. The second-order valence-electron chi connectivity index (χ2n) is 6.49. The van der Waals surface area contributed by atoms with Gasteiger partial charge in [0.05, 0.1) is 5.69 Å². The molecule has 4 rings (SSSR count). The minimum absolute atomic E-state index is 0.418. The quantitative estimate of drug-likeness (QED) is 0.575. The van der Waals surface area contributed by atoms with E-state index in [-0.39, 0.29) is 0 Å². The fraction of sp³-hybridized carbons (Fsp3) is 0.136. The highest BCUT2D eigenvalue weighted by atomic mass is 35.5. The second-order valence-corrected chi connectivity index (χ2v) is 6.92. The van der Waals surface area contributed by atoms with E-state index < -0.39 is 12.1 Å². The Balaban J connectivity index is 1.64. The molecule has 7 heteroatoms. The molecule has 1 heterocycles. The van der Waals surface area contributed by atoms with Gasteiger partial charge in [-0.05, 0) is 29.8 Å². The van der Waals surface area contributed by atoms with E-state index >= 15 is 0 Å². The highest BCUT2D eigenvalue weighted by Crippen LogP contribution is 2.39. The van der Waals surface area contributed by atoms with Crippen molar-refractivity contribution in [2.75, 3.05) is 23.8 Å². The molecule has 0 aliphatic carbocycles. The molecule has 0 unspecified atom stereocenters. The van der Waals surface area contributed by atoms with Gasteiger partial charge in [-0.15, -0.1) is 0 Å². The minimum atomic E-state index is -0.950. The monoisotopic (exact) mass is 410 g/mol. The standard InChI is InChI=1S/C22H19ClN2O4/c23-15-7-4-8-16(11-15)24-22(27)25-18-13-20-19(28-9-10-29-20)12-17(18)21(26)14-5-2-1-3-6-14/h1-8,11-13,21,26H,9-10H2,(H2,24,25,27)/t21-/m0/s1. The van der Waals surface area contributed by atoms with Crippen LogP contribution in [0.2, 0.25) is 5.02 Å². The average Bonchev–Trinajstić information content (AvgIpc) is 2.73. The Morgan fingerprint density at radius 3 is 2.38 bits per heavy atom. The number of fused-ring (bicyclic) bond motifs is 1. The SMILES string of the molecule is O=C(Nc1cccc(Cl)c1)Nc1cc2c(cc1[C@@H](O)c1ccccc1)OCCO2. The second kappa shape index (κ2) is 8.43. The van der Waals surface area contributed by atoms with Crippen molar-refractivity contribution in [2.45, 2.75) is 6.10 Å². The number of urea groups is 1. The predicted octanol–water partition coefficient (Wildman–Crippen LogP) is 4.84. The third-order valence-electron chi connectivity index (χ3n) is 4.45. The smallest absolute Gasteiger partial charge is 0.323 e. The summed E-state index contributed by atoms with van der Waals surface area (Å²) in [5.41, 5.74) is 2.17. The molecule has 0 bridgehead atoms. The van der Waals surface area contributed by atoms with Crippen molar-refractivity contribution >= 4 is 29.0 Å². The Labute approximate surface area is 173 Å². The highest BCUT2D eigenvalue weighted by Gasteiger charge is 2.22. The summed E-state index contributed by atoms with van der Waals surface area (Å²) in [6.45, 7) is 0.845. The molecule has 1 aliphatic heterocycles. The van der Waals surface area contributed by atoms with Gasteiger partial charge in [-0.25, -0.2) is 4.79 Å². The Hall–Kier alpha value is -3.22. The minimum Gasteiger partial charge on any atom is -0.486 e. The number of amides is 2. The molecule has 0 spiro atoms. The topological polar surface area (TPSA) is 79.8 Å². The Morgan fingerprint density at radius 1 is 0.931 bits per heavy atom. The highest BCUT2D eigenvalue weighted by molar-refractivity contribution is 6.30. The number of halogens is 1. The zero-order valence-electron chi connectivity index (χ0n) is 15.4. The summed E-state index contributed by atoms with van der Waals surface area (Å²) >= 11 is 5.97. The fourth-order valence-corrected chi connectivity index (χ4v) is 3.30. The zero-order valence-corrected chi connectivity index (χ0v) is 16.1. The van der Waals surface area contributed by atoms with E-state index in [2.05, 4.69) is 10.6 Å². The first-order valence-electron chi connectivity index (χ1n) is 9.10. The molecule has 0 radical (unpaired) electrons. The third-order valence-corrected chi connectivity index (χ3v) is 4.69. The number of carbonyl (C=O) groups excluding carboxylic acids is 1. The van der Waals surface area contributed by atoms with Crippen LogP contribution in [0.4, 0.5) is 16.2 Å². The van der Waals surface area contributed by atoms with Crippen LogP contribution in [0.1, 0.15) is 17.2 Å². The average molecular weight is 411 g/mol. The lowest BCUT2D eigenvalue weighted by Gasteiger charge is -2.23. The summed E-state index contributed by atoms with van der Waals surface area (Å²) in [4.78, 5) is 12.6. The van der Waals surface area contributed by atoms with Gasteiger partial charge in [0, 0.05) is 22.3 Å². The summed E-state index contributed by atoms with van der Waals surface area (Å²) in [6, 6.07) is 18.9. The number of ether oxygens (including phenoxy) is 2. The summed E-state index contributed by atoms with van der Waals surface area (Å²) in [5.74, 6) is 1.04. The number of benzene rings is 3. The van der Waals surface area contributed by atoms with Crippen molar-refractivity contribution in [2.24, 2.45) is 0 Å². The van der Waals surface area contributed by atoms with Crippen LogP contribution in [0.5, 0.6) is 11.5 Å². The molecule has 0 aromatic heterocycles. The molecule has 1 aliphatic rings. The summed E-state index contributed by atoms with van der Waals surface area (Å²) < 4.78 is 11.3. The van der Waals surface area contributed by atoms with Crippen LogP contribution in [0.25, 0.3) is 0 Å². The van der Waals surface area contributed by atoms with Gasteiger partial charge in [-0.3, -0.25) is 0 Å². The first-order valence-corrected chi connectivity index (χ1v) is 9.48. The van der Waals surface area contributed by atoms with Crippen LogP contribution in [0.3, 0.4) is 0 Å². The Morgan fingerprint density at radius 2 is 1.66 bits per heavy atom. The van der Waals surface area contributed by atoms with E-state index in [1.807, 2.05) is 30.3 Å². The number of carbonyl (C=O) groups is 1. The molecular weight excluding hydrogens is 392 g/mol. The van der Waals surface area contributed by atoms with E-state index in [4.69, 9.17) is 21.1 Å². The van der Waals surface area contributed by atoms with Crippen LogP contribution < -0.4 is 20.1 Å². The molecule has 148 valence electrons. The molecule has 0 saturated heterocycles. The van der Waals surface area contributed by atoms with Gasteiger partial charge >= 0.3 is 6.03 Å². The number of hydrogen-bond donors (Lipinski definition) is 3. The Kier molecular flexibility index (Phi) is 5.55. The molecule has 2 amide bonds. The maximum atomic E-state index is 12.6. The molecule has 29 heavy (non-hydrogen) atoms. The molecule has 3 N–H and O–H groups in total. The van der Waals surface area contributed by atoms with Gasteiger partial charge in [0.1, 0.15) is 19.3 Å². The van der Waals surface area contributed by atoms with Gasteiger partial charge in [-0.1, -0.05) is 48.0 Å². The van der Waals surface area contributed by atoms with E-state index in [0.29, 0.717) is 52.2 Å². The van der Waals surface area contributed by atoms with Crippen LogP contribution >= 0.6 is 11.6 Å². The van der Waals surface area contributed by atoms with Crippen molar-refractivity contribution in [3.05, 3.63) is 82.9 Å². The molecule has 6 nitrogen and oxygen atoms in total. The number of anilines is 2. The maximum Gasteiger partial charge on any atom is 0.323 e. The molecular formula is C22H19ClN2O4. The summed E-state index contributed by atoms with van der Waals surface area (Å²) in [6.07, 6.45) is -0.950. The van der Waals surface area contributed by atoms with Crippen molar-refractivity contribution in [1.82, 2.24) is 0 Å². The lowest BCUT2D eigenvalue weighted by molar-refractivity contribution is 0.170. The summed E-state index contributed by atoms with van der Waals surface area (Å²) in [7, 11) is 0. The van der Waals surface area contributed by atoms with Crippen molar-refractivity contribution in [3.8, 4) is 11.5 Å². The molecule has 1 atom stereocenters. The lowest BCUT2D eigenvalue weighted by Crippen LogP contribution is -2.22. The molecule has 0 fully saturated rings. The normalized spacial score (nSPS) is 13.4. The van der Waals surface area contributed by atoms with Gasteiger partial charge in [-0.2, -0.15) is 0 Å². The van der Waals surface area contributed by atoms with Gasteiger partial charge < -0.3 is 25.2 Å². The van der Waals surface area contributed by atoms with E-state index in [0.717, 1.165) is 0 Å². The van der Waals surface area contributed by atoms with E-state index in [1.54, 1.807) is 36.4 Å². The number of nitrogens with one attached hydrogen (secondary N) is 2. The van der Waals surface area contributed by atoms with Crippen molar-refractivity contribution in [1.29, 1.82) is 0 Å². The van der Waals surface area contributed by atoms with Gasteiger partial charge in [0.2, 0.25) is 0 Å². The number of rotatable bonds is 4. The predicted molar refractivity (Wildman–Crippen MR) is 112 cm³/mol. The lowest BCUT2D eigenvalue weighted by atomic mass is 9.99. The van der Waals surface area contributed by atoms with Crippen LogP contribution in [-0.4, -0.2) is 24.4 Å². The molecule has 3 aromatic carbocycles.